The normalized spacial score (nSPS) is 27.3. The molecule has 500 valence electrons. The Morgan fingerprint density at radius 1 is 0.506 bits per heavy atom. The number of aliphatic hydroxyl groups excluding tert-OH is 1. The Morgan fingerprint density at radius 3 is 1.39 bits per heavy atom. The van der Waals surface area contributed by atoms with E-state index in [-0.39, 0.29) is 93.0 Å². The van der Waals surface area contributed by atoms with E-state index < -0.39 is 149 Å². The van der Waals surface area contributed by atoms with E-state index in [1.807, 2.05) is 55.4 Å². The summed E-state index contributed by atoms with van der Waals surface area (Å²) in [5.41, 5.74) is -1.49. The molecule has 21 heteroatoms. The van der Waals surface area contributed by atoms with Crippen molar-refractivity contribution in [2.24, 2.45) is 59.2 Å². The van der Waals surface area contributed by atoms with Crippen LogP contribution in [-0.2, 0) is 52.7 Å². The SMILES string of the molecule is CCC(O)C[C@@H](C)[C@@H](C)[C@H]1C(=O)N[C@@H](CC)C(=O)N(C)CC(=O)N(C)[C@@H](CC(C)(C)O)C(=O)C[C@@H](C(C)C)C(=O)N(C)[C@@H](CC(C)C)C(=O)C[C@@H](C)C(=O)C[C@H](C)C(=O)N(C)[C@@H](CC(C)C)C(=O)N(C)[C@@H](CC(C)C)C(=O)N(C)[C@@H](C(C)C)C(=O)N1C. The first-order valence-corrected chi connectivity index (χ1v) is 32.0. The number of amides is 8. The lowest BCUT2D eigenvalue weighted by molar-refractivity contribution is -0.156. The molecule has 1 fully saturated rings. The van der Waals surface area contributed by atoms with Crippen molar-refractivity contribution in [3.8, 4) is 0 Å². The van der Waals surface area contributed by atoms with E-state index in [1.165, 1.54) is 87.7 Å². The van der Waals surface area contributed by atoms with Gasteiger partial charge in [0, 0.05) is 92.8 Å². The molecule has 1 aliphatic rings. The molecule has 1 rings (SSSR count). The third-order valence-electron chi connectivity index (χ3n) is 17.9. The van der Waals surface area contributed by atoms with Gasteiger partial charge in [-0.3, -0.25) is 52.7 Å². The standard InChI is InChI=1S/C66H118N8O13/c1-26-46(75)31-42(13)45(16)58-59(80)67-48(27-2)62(83)68(19)36-56(79)69(20)52(35-66(17,18)87)55(78)34-47(40(9)10)61(82)70(21)49(28-37(3)4)54(77)32-43(14)53(76)33-44(15)60(81)71(22)50(29-38(5)6)63(84)72(23)51(30-39(7)8)64(85)73(24)57(41(11)12)65(86)74(58)25/h37-52,57-58,75,87H,26-36H2,1-25H3,(H,67,80)/t42-,43-,44+,45-,46?,47+,48+,49+,50+,51+,52+,57+,58+/m1/s1. The summed E-state index contributed by atoms with van der Waals surface area (Å²) in [5, 5.41) is 24.8. The largest absolute Gasteiger partial charge is 0.393 e. The Kier molecular flexibility index (Phi) is 32.2. The van der Waals surface area contributed by atoms with Gasteiger partial charge in [0.05, 0.1) is 30.3 Å². The highest BCUT2D eigenvalue weighted by molar-refractivity contribution is 5.99. The fourth-order valence-electron chi connectivity index (χ4n) is 12.0. The zero-order valence-electron chi connectivity index (χ0n) is 58.2. The lowest BCUT2D eigenvalue weighted by Crippen LogP contribution is -2.62. The van der Waals surface area contributed by atoms with Crippen LogP contribution in [0.4, 0.5) is 0 Å². The van der Waals surface area contributed by atoms with Gasteiger partial charge < -0.3 is 49.8 Å². The number of hydrogen-bond donors (Lipinski definition) is 3. The Hall–Kier alpha value is -5.31. The highest BCUT2D eigenvalue weighted by Gasteiger charge is 2.46. The first kappa shape index (κ1) is 79.7. The molecule has 0 saturated carbocycles. The predicted molar refractivity (Wildman–Crippen MR) is 338 cm³/mol. The third-order valence-corrected chi connectivity index (χ3v) is 17.9. The molecular weight excluding hydrogens is 1110 g/mol. The lowest BCUT2D eigenvalue weighted by Gasteiger charge is -2.42. The van der Waals surface area contributed by atoms with Crippen molar-refractivity contribution in [3.63, 3.8) is 0 Å². The first-order chi connectivity index (χ1) is 39.9. The first-order valence-electron chi connectivity index (χ1n) is 32.0. The maximum absolute atomic E-state index is 15.3. The van der Waals surface area contributed by atoms with Crippen LogP contribution in [0.15, 0.2) is 0 Å². The summed E-state index contributed by atoms with van der Waals surface area (Å²) in [7, 11) is 10.2. The number of aliphatic hydroxyl groups is 2. The van der Waals surface area contributed by atoms with Crippen molar-refractivity contribution >= 4 is 64.6 Å². The van der Waals surface area contributed by atoms with Crippen molar-refractivity contribution in [3.05, 3.63) is 0 Å². The highest BCUT2D eigenvalue weighted by atomic mass is 16.3. The summed E-state index contributed by atoms with van der Waals surface area (Å²) >= 11 is 0. The Labute approximate surface area is 523 Å². The minimum atomic E-state index is -1.49. The molecule has 0 aromatic rings. The molecule has 0 radical (unpaired) electrons. The average molecular weight is 1230 g/mol. The second-order valence-corrected chi connectivity index (χ2v) is 28.3. The van der Waals surface area contributed by atoms with Crippen LogP contribution in [0.5, 0.6) is 0 Å². The van der Waals surface area contributed by atoms with Gasteiger partial charge in [0.25, 0.3) is 0 Å². The van der Waals surface area contributed by atoms with Crippen LogP contribution in [0.3, 0.4) is 0 Å². The molecule has 0 spiro atoms. The maximum atomic E-state index is 15.3. The smallest absolute Gasteiger partial charge is 0.246 e. The summed E-state index contributed by atoms with van der Waals surface area (Å²) in [4.78, 5) is 171. The zero-order valence-corrected chi connectivity index (χ0v) is 58.2. The predicted octanol–water partition coefficient (Wildman–Crippen LogP) is 6.13. The van der Waals surface area contributed by atoms with E-state index in [4.69, 9.17) is 0 Å². The number of hydrogen-bond acceptors (Lipinski definition) is 13. The number of carbonyl (C=O) groups is 11. The van der Waals surface area contributed by atoms with E-state index in [9.17, 15) is 43.8 Å². The minimum Gasteiger partial charge on any atom is -0.393 e. The maximum Gasteiger partial charge on any atom is 0.246 e. The molecule has 8 amide bonds. The van der Waals surface area contributed by atoms with E-state index in [0.29, 0.717) is 6.42 Å². The fraction of sp³-hybridized carbons (Fsp3) is 0.833. The summed E-state index contributed by atoms with van der Waals surface area (Å²) in [6.07, 6.45) is -0.455. The molecule has 0 bridgehead atoms. The van der Waals surface area contributed by atoms with Crippen molar-refractivity contribution in [2.45, 2.75) is 243 Å². The molecule has 1 unspecified atom stereocenters. The second-order valence-electron chi connectivity index (χ2n) is 28.3. The number of ketones is 3. The monoisotopic (exact) mass is 1230 g/mol. The van der Waals surface area contributed by atoms with Crippen molar-refractivity contribution in [2.75, 3.05) is 55.9 Å². The molecule has 0 aromatic heterocycles. The number of rotatable bonds is 16. The average Bonchev–Trinajstić information content (AvgIpc) is 1.15. The number of likely N-dealkylation sites (N-methyl/N-ethyl adjacent to an activating group) is 7. The van der Waals surface area contributed by atoms with Gasteiger partial charge >= 0.3 is 0 Å². The number of nitrogens with zero attached hydrogens (tertiary/aromatic N) is 7. The summed E-state index contributed by atoms with van der Waals surface area (Å²) in [6.45, 7) is 31.2. The summed E-state index contributed by atoms with van der Waals surface area (Å²) in [6, 6.07) is -8.14. The Balaban J connectivity index is 4.37. The second kappa shape index (κ2) is 35.2. The van der Waals surface area contributed by atoms with Crippen molar-refractivity contribution in [1.29, 1.82) is 0 Å². The topological polar surface area (TPSA) is 263 Å². The molecule has 13 atom stereocenters. The molecular formula is C66H118N8O13. The van der Waals surface area contributed by atoms with Crippen LogP contribution in [0.1, 0.15) is 189 Å². The van der Waals surface area contributed by atoms with Crippen LogP contribution in [0.2, 0.25) is 0 Å². The van der Waals surface area contributed by atoms with Crippen LogP contribution >= 0.6 is 0 Å². The highest BCUT2D eigenvalue weighted by Crippen LogP contribution is 2.31. The number of Topliss-reactive ketones (excluding diaryl/α,β-unsaturated/α-hetero) is 3. The van der Waals surface area contributed by atoms with Crippen LogP contribution in [0.25, 0.3) is 0 Å². The van der Waals surface area contributed by atoms with Crippen LogP contribution in [-0.4, -0.2) is 219 Å². The van der Waals surface area contributed by atoms with E-state index in [0.717, 1.165) is 9.80 Å². The molecule has 0 aliphatic carbocycles. The van der Waals surface area contributed by atoms with Crippen LogP contribution in [0, 0.1) is 59.2 Å². The fourth-order valence-corrected chi connectivity index (χ4v) is 12.0. The van der Waals surface area contributed by atoms with Crippen molar-refractivity contribution < 1.29 is 63.0 Å². The van der Waals surface area contributed by atoms with Gasteiger partial charge in [-0.05, 0) is 93.8 Å². The molecule has 1 saturated heterocycles. The molecule has 1 heterocycles. The number of carbonyl (C=O) groups excluding carboxylic acids is 11. The quantitative estimate of drug-likeness (QED) is 0.157. The zero-order chi connectivity index (χ0) is 67.8. The molecule has 21 nitrogen and oxygen atoms in total. The van der Waals surface area contributed by atoms with E-state index in [2.05, 4.69) is 5.32 Å². The summed E-state index contributed by atoms with van der Waals surface area (Å²) < 4.78 is 0. The number of nitrogens with one attached hydrogen (secondary N) is 1. The molecule has 3 N–H and O–H groups in total. The van der Waals surface area contributed by atoms with Gasteiger partial charge in [-0.1, -0.05) is 111 Å². The molecule has 1 aliphatic heterocycles. The molecule has 87 heavy (non-hydrogen) atoms. The summed E-state index contributed by atoms with van der Waals surface area (Å²) in [5.74, 6) is -11.1. The van der Waals surface area contributed by atoms with Crippen molar-refractivity contribution in [1.82, 2.24) is 39.6 Å². The van der Waals surface area contributed by atoms with Gasteiger partial charge in [-0.25, -0.2) is 0 Å². The van der Waals surface area contributed by atoms with Gasteiger partial charge in [-0.2, -0.15) is 0 Å². The van der Waals surface area contributed by atoms with Gasteiger partial charge in [0.1, 0.15) is 36.0 Å². The lowest BCUT2D eigenvalue weighted by atomic mass is 9.83. The Bertz CT molecular complexity index is 2350. The van der Waals surface area contributed by atoms with Gasteiger partial charge in [0.2, 0.25) is 47.3 Å². The Morgan fingerprint density at radius 2 is 0.943 bits per heavy atom. The van der Waals surface area contributed by atoms with Gasteiger partial charge in [0.15, 0.2) is 11.6 Å². The van der Waals surface area contributed by atoms with E-state index >= 15 is 19.2 Å². The third kappa shape index (κ3) is 22.9. The van der Waals surface area contributed by atoms with Crippen LogP contribution < -0.4 is 5.32 Å². The minimum absolute atomic E-state index is 0.0534. The van der Waals surface area contributed by atoms with E-state index in [1.54, 1.807) is 55.4 Å². The molecule has 0 aromatic carbocycles. The van der Waals surface area contributed by atoms with Gasteiger partial charge in [-0.15, -0.1) is 0 Å².